The highest BCUT2D eigenvalue weighted by Gasteiger charge is 2.62. The zero-order valence-electron chi connectivity index (χ0n) is 17.2. The molecule has 2 aliphatic rings. The van der Waals surface area contributed by atoms with Gasteiger partial charge >= 0.3 is 5.97 Å². The molecule has 0 saturated heterocycles. The van der Waals surface area contributed by atoms with E-state index in [0.717, 1.165) is 17.8 Å². The molecule has 0 spiro atoms. The van der Waals surface area contributed by atoms with Crippen LogP contribution >= 0.6 is 0 Å². The van der Waals surface area contributed by atoms with Gasteiger partial charge in [0, 0.05) is 11.0 Å². The van der Waals surface area contributed by atoms with Crippen LogP contribution < -0.4 is 0 Å². The van der Waals surface area contributed by atoms with Crippen LogP contribution in [0, 0.1) is 5.41 Å². The van der Waals surface area contributed by atoms with Crippen molar-refractivity contribution in [1.29, 1.82) is 0 Å². The van der Waals surface area contributed by atoms with Gasteiger partial charge in [-0.3, -0.25) is 0 Å². The number of aromatic nitrogens is 2. The van der Waals surface area contributed by atoms with Crippen molar-refractivity contribution in [2.75, 3.05) is 0 Å². The van der Waals surface area contributed by atoms with Gasteiger partial charge in [-0.1, -0.05) is 57.2 Å². The fourth-order valence-corrected chi connectivity index (χ4v) is 5.46. The van der Waals surface area contributed by atoms with E-state index >= 15 is 0 Å². The molecular formula is C25H26N2O2. The second-order valence-electron chi connectivity index (χ2n) is 9.04. The molecule has 0 aliphatic heterocycles. The first-order valence-electron chi connectivity index (χ1n) is 10.3. The second-order valence-corrected chi connectivity index (χ2v) is 9.04. The number of carbonyl (C=O) groups is 1. The van der Waals surface area contributed by atoms with Crippen molar-refractivity contribution in [3.8, 4) is 5.69 Å². The van der Waals surface area contributed by atoms with Gasteiger partial charge in [0.2, 0.25) is 0 Å². The molecule has 2 unspecified atom stereocenters. The maximum Gasteiger partial charge on any atom is 0.338 e. The Labute approximate surface area is 171 Å². The van der Waals surface area contributed by atoms with Crippen molar-refractivity contribution in [2.24, 2.45) is 5.41 Å². The average molecular weight is 386 g/mol. The standard InChI is InChI=1S/C25H26N2O2/c1-24(2)19-14-15-25(24,3)22-21(19)20(26-27(22)18-12-8-5-9-13-18)16-29-23(28)17-10-6-4-7-11-17/h4-13,19H,14-16H2,1-3H3. The van der Waals surface area contributed by atoms with E-state index in [0.29, 0.717) is 11.5 Å². The molecule has 4 nitrogen and oxygen atoms in total. The fourth-order valence-electron chi connectivity index (χ4n) is 5.46. The second kappa shape index (κ2) is 6.31. The lowest BCUT2D eigenvalue weighted by molar-refractivity contribution is 0.0465. The molecule has 2 bridgehead atoms. The quantitative estimate of drug-likeness (QED) is 0.564. The lowest BCUT2D eigenvalue weighted by Crippen LogP contribution is -2.33. The third-order valence-corrected chi connectivity index (χ3v) is 7.45. The van der Waals surface area contributed by atoms with Gasteiger partial charge < -0.3 is 4.74 Å². The van der Waals surface area contributed by atoms with Crippen LogP contribution in [0.3, 0.4) is 0 Å². The Bertz CT molecular complexity index is 1070. The first-order chi connectivity index (χ1) is 13.9. The minimum Gasteiger partial charge on any atom is -0.455 e. The summed E-state index contributed by atoms with van der Waals surface area (Å²) in [5.41, 5.74) is 5.36. The Balaban J connectivity index is 1.56. The molecule has 29 heavy (non-hydrogen) atoms. The SMILES string of the molecule is CC12CCC(c3c(COC(=O)c4ccccc4)nn(-c4ccccc4)c31)C2(C)C. The minimum absolute atomic E-state index is 0.0670. The van der Waals surface area contributed by atoms with Gasteiger partial charge in [0.05, 0.1) is 16.9 Å². The summed E-state index contributed by atoms with van der Waals surface area (Å²) in [5.74, 6) is 0.146. The van der Waals surface area contributed by atoms with Crippen molar-refractivity contribution in [2.45, 2.75) is 51.6 Å². The van der Waals surface area contributed by atoms with Crippen molar-refractivity contribution >= 4 is 5.97 Å². The van der Waals surface area contributed by atoms with E-state index in [-0.39, 0.29) is 23.4 Å². The number of carbonyl (C=O) groups excluding carboxylic acids is 1. The molecule has 0 amide bonds. The topological polar surface area (TPSA) is 44.1 Å². The number of esters is 1. The number of para-hydroxylation sites is 1. The van der Waals surface area contributed by atoms with Crippen LogP contribution in [-0.4, -0.2) is 15.7 Å². The van der Waals surface area contributed by atoms with E-state index in [2.05, 4.69) is 37.6 Å². The van der Waals surface area contributed by atoms with Gasteiger partial charge in [0.25, 0.3) is 0 Å². The molecule has 148 valence electrons. The lowest BCUT2D eigenvalue weighted by Gasteiger charge is -2.35. The summed E-state index contributed by atoms with van der Waals surface area (Å²) in [4.78, 5) is 12.5. The number of fused-ring (bicyclic) bond motifs is 5. The molecule has 1 fully saturated rings. The zero-order chi connectivity index (χ0) is 20.2. The maximum absolute atomic E-state index is 12.5. The Morgan fingerprint density at radius 3 is 2.41 bits per heavy atom. The molecule has 1 heterocycles. The van der Waals surface area contributed by atoms with Crippen molar-refractivity contribution < 1.29 is 9.53 Å². The summed E-state index contributed by atoms with van der Waals surface area (Å²) in [6.07, 6.45) is 2.33. The van der Waals surface area contributed by atoms with Gasteiger partial charge in [-0.15, -0.1) is 0 Å². The summed E-state index contributed by atoms with van der Waals surface area (Å²) < 4.78 is 7.78. The molecule has 3 aromatic rings. The average Bonchev–Trinajstić information content (AvgIpc) is 3.29. The Morgan fingerprint density at radius 2 is 1.72 bits per heavy atom. The van der Waals surface area contributed by atoms with Crippen molar-refractivity contribution in [3.05, 3.63) is 83.2 Å². The van der Waals surface area contributed by atoms with Crippen molar-refractivity contribution in [1.82, 2.24) is 9.78 Å². The van der Waals surface area contributed by atoms with E-state index in [9.17, 15) is 4.79 Å². The summed E-state index contributed by atoms with van der Waals surface area (Å²) in [5, 5.41) is 4.96. The van der Waals surface area contributed by atoms with Crippen LogP contribution in [0.1, 0.15) is 66.8 Å². The number of benzene rings is 2. The number of rotatable bonds is 4. The number of nitrogens with zero attached hydrogens (tertiary/aromatic N) is 2. The summed E-state index contributed by atoms with van der Waals surface area (Å²) in [6.45, 7) is 7.33. The first kappa shape index (κ1) is 18.2. The van der Waals surface area contributed by atoms with Crippen LogP contribution in [-0.2, 0) is 16.8 Å². The molecule has 2 aliphatic carbocycles. The molecule has 2 aromatic carbocycles. The first-order valence-corrected chi connectivity index (χ1v) is 10.3. The van der Waals surface area contributed by atoms with E-state index in [1.165, 1.54) is 17.7 Å². The normalized spacial score (nSPS) is 23.8. The van der Waals surface area contributed by atoms with Gasteiger partial charge in [0.15, 0.2) is 0 Å². The number of hydrogen-bond acceptors (Lipinski definition) is 3. The molecule has 0 radical (unpaired) electrons. The van der Waals surface area contributed by atoms with Crippen molar-refractivity contribution in [3.63, 3.8) is 0 Å². The Hall–Kier alpha value is -2.88. The highest BCUT2D eigenvalue weighted by molar-refractivity contribution is 5.89. The van der Waals surface area contributed by atoms with E-state index < -0.39 is 0 Å². The van der Waals surface area contributed by atoms with Crippen LogP contribution in [0.25, 0.3) is 5.69 Å². The summed E-state index contributed by atoms with van der Waals surface area (Å²) in [7, 11) is 0. The zero-order valence-corrected chi connectivity index (χ0v) is 17.2. The molecule has 1 aromatic heterocycles. The predicted octanol–water partition coefficient (Wildman–Crippen LogP) is 5.40. The van der Waals surface area contributed by atoms with Crippen LogP contribution in [0.15, 0.2) is 60.7 Å². The highest BCUT2D eigenvalue weighted by atomic mass is 16.5. The Morgan fingerprint density at radius 1 is 1.07 bits per heavy atom. The van der Waals surface area contributed by atoms with Crippen LogP contribution in [0.5, 0.6) is 0 Å². The monoisotopic (exact) mass is 386 g/mol. The van der Waals surface area contributed by atoms with Gasteiger partial charge in [0.1, 0.15) is 12.3 Å². The molecule has 0 N–H and O–H groups in total. The maximum atomic E-state index is 12.5. The molecule has 2 atom stereocenters. The molecule has 1 saturated carbocycles. The van der Waals surface area contributed by atoms with E-state index in [1.54, 1.807) is 12.1 Å². The van der Waals surface area contributed by atoms with Gasteiger partial charge in [-0.25, -0.2) is 9.48 Å². The minimum atomic E-state index is -0.303. The van der Waals surface area contributed by atoms with Crippen LogP contribution in [0.2, 0.25) is 0 Å². The number of hydrogen-bond donors (Lipinski definition) is 0. The summed E-state index contributed by atoms with van der Waals surface area (Å²) >= 11 is 0. The smallest absolute Gasteiger partial charge is 0.338 e. The third kappa shape index (κ3) is 2.51. The lowest BCUT2D eigenvalue weighted by atomic mass is 9.70. The van der Waals surface area contributed by atoms with Gasteiger partial charge in [-0.05, 0) is 48.4 Å². The highest BCUT2D eigenvalue weighted by Crippen LogP contribution is 2.68. The molecule has 5 rings (SSSR count). The third-order valence-electron chi connectivity index (χ3n) is 7.45. The van der Waals surface area contributed by atoms with E-state index in [4.69, 9.17) is 9.84 Å². The largest absolute Gasteiger partial charge is 0.455 e. The Kier molecular flexibility index (Phi) is 3.95. The summed E-state index contributed by atoms with van der Waals surface area (Å²) in [6, 6.07) is 19.4. The predicted molar refractivity (Wildman–Crippen MR) is 112 cm³/mol. The van der Waals surface area contributed by atoms with Gasteiger partial charge in [-0.2, -0.15) is 5.10 Å². The number of ether oxygens (including phenoxy) is 1. The van der Waals surface area contributed by atoms with E-state index in [1.807, 2.05) is 36.4 Å². The molecular weight excluding hydrogens is 360 g/mol. The molecule has 4 heteroatoms. The fraction of sp³-hybridized carbons (Fsp3) is 0.360. The van der Waals surface area contributed by atoms with Crippen LogP contribution in [0.4, 0.5) is 0 Å².